The van der Waals surface area contributed by atoms with Crippen LogP contribution < -0.4 is 4.74 Å². The van der Waals surface area contributed by atoms with Crippen LogP contribution in [0.4, 0.5) is 0 Å². The van der Waals surface area contributed by atoms with Crippen LogP contribution in [0, 0.1) is 20.8 Å². The van der Waals surface area contributed by atoms with Gasteiger partial charge in [0.2, 0.25) is 0 Å². The number of hydrogen-bond donors (Lipinski definition) is 0. The normalized spacial score (nSPS) is 17.8. The van der Waals surface area contributed by atoms with Gasteiger partial charge in [0.15, 0.2) is 5.75 Å². The van der Waals surface area contributed by atoms with Gasteiger partial charge in [-0.3, -0.25) is 5.11 Å². The third kappa shape index (κ3) is 1.57. The molecule has 0 bridgehead atoms. The Morgan fingerprint density at radius 1 is 1.06 bits per heavy atom. The van der Waals surface area contributed by atoms with E-state index in [9.17, 15) is 5.11 Å². The molecule has 0 saturated carbocycles. The lowest BCUT2D eigenvalue weighted by atomic mass is 9.88. The Bertz CT molecular complexity index is 445. The van der Waals surface area contributed by atoms with E-state index in [1.54, 1.807) is 0 Å². The van der Waals surface area contributed by atoms with Gasteiger partial charge in [-0.25, -0.2) is 0 Å². The summed E-state index contributed by atoms with van der Waals surface area (Å²) >= 11 is 0. The molecule has 87 valence electrons. The zero-order chi connectivity index (χ0) is 12.1. The van der Waals surface area contributed by atoms with E-state index < -0.39 is 0 Å². The maximum absolute atomic E-state index is 12.0. The Hall–Kier alpha value is -1.18. The molecule has 16 heavy (non-hydrogen) atoms. The monoisotopic (exact) mass is 219 g/mol. The SMILES string of the molecule is Cc1c(C)c2c(c(C)c1[O])CCC(C)(C)O2. The van der Waals surface area contributed by atoms with Crippen LogP contribution in [0.15, 0.2) is 0 Å². The molecule has 0 atom stereocenters. The third-order valence-electron chi connectivity index (χ3n) is 3.67. The first-order valence-corrected chi connectivity index (χ1v) is 5.82. The summed E-state index contributed by atoms with van der Waals surface area (Å²) in [5, 5.41) is 12.0. The lowest BCUT2D eigenvalue weighted by molar-refractivity contribution is 0.0830. The molecule has 0 fully saturated rings. The summed E-state index contributed by atoms with van der Waals surface area (Å²) in [4.78, 5) is 0. The molecule has 0 unspecified atom stereocenters. The minimum atomic E-state index is -0.110. The van der Waals surface area contributed by atoms with Crippen LogP contribution in [-0.4, -0.2) is 5.60 Å². The standard InChI is InChI=1S/C14H19O2/c1-8-9(2)13-11(10(3)12(8)15)6-7-14(4,5)16-13/h6-7H2,1-5H3. The van der Waals surface area contributed by atoms with Gasteiger partial charge in [-0.1, -0.05) is 0 Å². The molecule has 0 spiro atoms. The summed E-state index contributed by atoms with van der Waals surface area (Å²) in [6.07, 6.45) is 1.92. The van der Waals surface area contributed by atoms with E-state index >= 15 is 0 Å². The average Bonchev–Trinajstić information content (AvgIpc) is 2.22. The highest BCUT2D eigenvalue weighted by atomic mass is 16.5. The lowest BCUT2D eigenvalue weighted by Crippen LogP contribution is -2.33. The highest BCUT2D eigenvalue weighted by molar-refractivity contribution is 5.58. The second-order valence-electron chi connectivity index (χ2n) is 5.37. The van der Waals surface area contributed by atoms with Crippen molar-refractivity contribution in [3.8, 4) is 11.5 Å². The first kappa shape index (κ1) is 11.3. The minimum absolute atomic E-state index is 0.110. The lowest BCUT2D eigenvalue weighted by Gasteiger charge is -2.35. The van der Waals surface area contributed by atoms with Crippen molar-refractivity contribution in [3.05, 3.63) is 22.3 Å². The molecular formula is C14H19O2. The van der Waals surface area contributed by atoms with Crippen LogP contribution in [0.5, 0.6) is 11.5 Å². The number of benzene rings is 1. The van der Waals surface area contributed by atoms with Crippen molar-refractivity contribution in [2.45, 2.75) is 53.1 Å². The first-order valence-electron chi connectivity index (χ1n) is 5.82. The van der Waals surface area contributed by atoms with Gasteiger partial charge in [0, 0.05) is 16.7 Å². The molecule has 1 radical (unpaired) electrons. The number of ether oxygens (including phenoxy) is 1. The van der Waals surface area contributed by atoms with Crippen LogP contribution in [0.25, 0.3) is 0 Å². The van der Waals surface area contributed by atoms with E-state index in [4.69, 9.17) is 4.74 Å². The number of rotatable bonds is 0. The topological polar surface area (TPSA) is 29.1 Å². The van der Waals surface area contributed by atoms with Crippen LogP contribution in [0.1, 0.15) is 42.5 Å². The Kier molecular flexibility index (Phi) is 2.41. The number of hydrogen-bond acceptors (Lipinski definition) is 1. The van der Waals surface area contributed by atoms with E-state index in [0.717, 1.165) is 40.8 Å². The predicted molar refractivity (Wildman–Crippen MR) is 63.8 cm³/mol. The summed E-state index contributed by atoms with van der Waals surface area (Å²) in [5.41, 5.74) is 3.72. The molecule has 1 aromatic rings. The molecule has 0 amide bonds. The predicted octanol–water partition coefficient (Wildman–Crippen LogP) is 3.86. The average molecular weight is 219 g/mol. The zero-order valence-electron chi connectivity index (χ0n) is 10.7. The van der Waals surface area contributed by atoms with Crippen molar-refractivity contribution in [2.75, 3.05) is 0 Å². The molecule has 0 saturated heterocycles. The largest absolute Gasteiger partial charge is 0.487 e. The quantitative estimate of drug-likeness (QED) is 0.651. The van der Waals surface area contributed by atoms with Crippen molar-refractivity contribution >= 4 is 0 Å². The van der Waals surface area contributed by atoms with Crippen LogP contribution in [-0.2, 0) is 11.5 Å². The second-order valence-corrected chi connectivity index (χ2v) is 5.37. The van der Waals surface area contributed by atoms with E-state index in [1.807, 2.05) is 20.8 Å². The fourth-order valence-corrected chi connectivity index (χ4v) is 2.35. The Balaban J connectivity index is 2.65. The van der Waals surface area contributed by atoms with E-state index in [2.05, 4.69) is 13.8 Å². The van der Waals surface area contributed by atoms with Crippen molar-refractivity contribution < 1.29 is 9.84 Å². The van der Waals surface area contributed by atoms with E-state index in [1.165, 1.54) is 0 Å². The minimum Gasteiger partial charge on any atom is -0.487 e. The zero-order valence-corrected chi connectivity index (χ0v) is 10.7. The summed E-state index contributed by atoms with van der Waals surface area (Å²) in [7, 11) is 0. The second kappa shape index (κ2) is 3.41. The van der Waals surface area contributed by atoms with Gasteiger partial charge in [0.1, 0.15) is 11.4 Å². The summed E-state index contributed by atoms with van der Waals surface area (Å²) in [6.45, 7) is 9.98. The molecule has 0 aliphatic carbocycles. The highest BCUT2D eigenvalue weighted by Gasteiger charge is 2.30. The third-order valence-corrected chi connectivity index (χ3v) is 3.67. The molecule has 1 aliphatic heterocycles. The molecule has 1 aliphatic rings. The van der Waals surface area contributed by atoms with Gasteiger partial charge >= 0.3 is 0 Å². The molecule has 0 aromatic heterocycles. The molecular weight excluding hydrogens is 200 g/mol. The fraction of sp³-hybridized carbons (Fsp3) is 0.571. The van der Waals surface area contributed by atoms with Crippen LogP contribution in [0.2, 0.25) is 0 Å². The molecule has 2 nitrogen and oxygen atoms in total. The Morgan fingerprint density at radius 3 is 2.31 bits per heavy atom. The van der Waals surface area contributed by atoms with Gasteiger partial charge in [-0.15, -0.1) is 0 Å². The fourth-order valence-electron chi connectivity index (χ4n) is 2.35. The van der Waals surface area contributed by atoms with Gasteiger partial charge in [-0.05, 0) is 53.0 Å². The summed E-state index contributed by atoms with van der Waals surface area (Å²) in [5.74, 6) is 1.13. The van der Waals surface area contributed by atoms with Gasteiger partial charge in [0.05, 0.1) is 0 Å². The van der Waals surface area contributed by atoms with E-state index in [-0.39, 0.29) is 11.4 Å². The Labute approximate surface area is 97.3 Å². The molecule has 1 heterocycles. The molecule has 0 N–H and O–H groups in total. The van der Waals surface area contributed by atoms with Gasteiger partial charge in [0.25, 0.3) is 0 Å². The van der Waals surface area contributed by atoms with Crippen molar-refractivity contribution in [1.29, 1.82) is 0 Å². The van der Waals surface area contributed by atoms with Crippen molar-refractivity contribution in [3.63, 3.8) is 0 Å². The van der Waals surface area contributed by atoms with Gasteiger partial charge in [-0.2, -0.15) is 0 Å². The Morgan fingerprint density at radius 2 is 1.69 bits per heavy atom. The maximum atomic E-state index is 12.0. The van der Waals surface area contributed by atoms with Crippen LogP contribution in [0.3, 0.4) is 0 Å². The maximum Gasteiger partial charge on any atom is 0.185 e. The molecule has 1 aromatic carbocycles. The molecule has 2 heteroatoms. The van der Waals surface area contributed by atoms with E-state index in [0.29, 0.717) is 0 Å². The summed E-state index contributed by atoms with van der Waals surface area (Å²) < 4.78 is 6.03. The first-order chi connectivity index (χ1) is 7.33. The van der Waals surface area contributed by atoms with Crippen molar-refractivity contribution in [2.24, 2.45) is 0 Å². The number of fused-ring (bicyclic) bond motifs is 1. The highest BCUT2D eigenvalue weighted by Crippen LogP contribution is 2.43. The molecule has 2 rings (SSSR count). The van der Waals surface area contributed by atoms with Crippen LogP contribution >= 0.6 is 0 Å². The van der Waals surface area contributed by atoms with Gasteiger partial charge < -0.3 is 4.74 Å². The van der Waals surface area contributed by atoms with Crippen molar-refractivity contribution in [1.82, 2.24) is 0 Å². The smallest absolute Gasteiger partial charge is 0.185 e. The summed E-state index contributed by atoms with van der Waals surface area (Å²) in [6, 6.07) is 0.